The zero-order chi connectivity index (χ0) is 16.2. The van der Waals surface area contributed by atoms with Crippen LogP contribution in [0, 0.1) is 0 Å². The van der Waals surface area contributed by atoms with Crippen molar-refractivity contribution >= 4 is 78.8 Å². The quantitative estimate of drug-likeness (QED) is 0.384. The van der Waals surface area contributed by atoms with E-state index in [4.69, 9.17) is 51.2 Å². The summed E-state index contributed by atoms with van der Waals surface area (Å²) in [5.41, 5.74) is -0.0758. The van der Waals surface area contributed by atoms with Gasteiger partial charge >= 0.3 is 0 Å². The van der Waals surface area contributed by atoms with E-state index in [0.717, 1.165) is 4.90 Å². The van der Waals surface area contributed by atoms with E-state index in [1.165, 1.54) is 0 Å². The Morgan fingerprint density at radius 1 is 1.05 bits per heavy atom. The van der Waals surface area contributed by atoms with Crippen LogP contribution in [0.1, 0.15) is 27.1 Å². The molecule has 0 saturated heterocycles. The molecule has 0 aliphatic carbocycles. The monoisotopic (exact) mass is 444 g/mol. The third-order valence-corrected chi connectivity index (χ3v) is 5.54. The van der Waals surface area contributed by atoms with Gasteiger partial charge in [-0.15, -0.1) is 0 Å². The molecule has 116 valence electrons. The van der Waals surface area contributed by atoms with Crippen LogP contribution in [-0.2, 0) is 4.84 Å². The van der Waals surface area contributed by atoms with Gasteiger partial charge in [0.15, 0.2) is 6.10 Å². The predicted octanol–water partition coefficient (Wildman–Crippen LogP) is 4.39. The van der Waals surface area contributed by atoms with Crippen molar-refractivity contribution in [1.29, 1.82) is 0 Å². The molecular weight excluding hydrogens is 442 g/mol. The first-order chi connectivity index (χ1) is 10.3. The number of hydrogen-bond donors (Lipinski definition) is 0. The summed E-state index contributed by atoms with van der Waals surface area (Å²) in [5.74, 6) is -1.17. The molecule has 0 fully saturated rings. The zero-order valence-corrected chi connectivity index (χ0v) is 15.1. The minimum absolute atomic E-state index is 0.0207. The first-order valence-electron chi connectivity index (χ1n) is 5.93. The number of hydrogen-bond acceptors (Lipinski definition) is 4. The van der Waals surface area contributed by atoms with Gasteiger partial charge in [0.25, 0.3) is 11.8 Å². The lowest BCUT2D eigenvalue weighted by atomic mass is 10.1. The summed E-state index contributed by atoms with van der Waals surface area (Å²) in [6, 6.07) is 0. The Hall–Kier alpha value is -0.530. The number of carbonyl (C=O) groups is 2. The highest BCUT2D eigenvalue weighted by Gasteiger charge is 2.43. The number of oxime groups is 1. The van der Waals surface area contributed by atoms with Gasteiger partial charge in [0.1, 0.15) is 4.62 Å². The Morgan fingerprint density at radius 3 is 1.95 bits per heavy atom. The molecule has 2 heterocycles. The maximum absolute atomic E-state index is 12.5. The van der Waals surface area contributed by atoms with E-state index in [1.807, 2.05) is 0 Å². The van der Waals surface area contributed by atoms with E-state index >= 15 is 0 Å². The predicted molar refractivity (Wildman–Crippen MR) is 87.7 cm³/mol. The van der Waals surface area contributed by atoms with Crippen molar-refractivity contribution in [2.75, 3.05) is 6.54 Å². The smallest absolute Gasteiger partial charge is 0.263 e. The molecule has 3 rings (SSSR count). The standard InChI is InChI=1S/C12H5BrCl4N2O3/c13-4-1-3(22-18-4)2-19-11(20)5-6(12(19)21)8(15)10(17)9(16)7(5)14/h3H,1-2H2/t3-/m1/s1. The van der Waals surface area contributed by atoms with E-state index in [2.05, 4.69) is 21.1 Å². The highest BCUT2D eigenvalue weighted by Crippen LogP contribution is 2.44. The molecule has 1 aromatic carbocycles. The largest absolute Gasteiger partial charge is 0.389 e. The molecule has 10 heteroatoms. The molecule has 2 amide bonds. The van der Waals surface area contributed by atoms with Gasteiger partial charge < -0.3 is 4.84 Å². The normalized spacial score (nSPS) is 20.3. The molecule has 1 atom stereocenters. The molecule has 0 N–H and O–H groups in total. The highest BCUT2D eigenvalue weighted by atomic mass is 79.9. The van der Waals surface area contributed by atoms with Crippen LogP contribution < -0.4 is 0 Å². The second-order valence-corrected chi connectivity index (χ2v) is 7.05. The molecule has 2 aliphatic heterocycles. The summed E-state index contributed by atoms with van der Waals surface area (Å²) in [4.78, 5) is 31.0. The van der Waals surface area contributed by atoms with Crippen molar-refractivity contribution in [3.63, 3.8) is 0 Å². The molecule has 0 aromatic heterocycles. The number of imide groups is 1. The van der Waals surface area contributed by atoms with Crippen LogP contribution in [0.15, 0.2) is 5.16 Å². The van der Waals surface area contributed by atoms with E-state index in [9.17, 15) is 9.59 Å². The van der Waals surface area contributed by atoms with Gasteiger partial charge in [-0.25, -0.2) is 0 Å². The fraction of sp³-hybridized carbons (Fsp3) is 0.250. The first kappa shape index (κ1) is 16.3. The van der Waals surface area contributed by atoms with Crippen LogP contribution in [0.2, 0.25) is 20.1 Å². The second kappa shape index (κ2) is 5.83. The summed E-state index contributed by atoms with van der Waals surface area (Å²) in [6.07, 6.45) is 0.0243. The number of amides is 2. The lowest BCUT2D eigenvalue weighted by molar-refractivity contribution is 0.0399. The fourth-order valence-corrected chi connectivity index (χ4v) is 3.72. The Bertz CT molecular complexity index is 706. The number of carbonyl (C=O) groups excluding carboxylic acids is 2. The van der Waals surface area contributed by atoms with Crippen molar-refractivity contribution in [2.45, 2.75) is 12.5 Å². The lowest BCUT2D eigenvalue weighted by Crippen LogP contribution is -2.37. The maximum Gasteiger partial charge on any atom is 0.263 e. The summed E-state index contributed by atoms with van der Waals surface area (Å²) in [5, 5.41) is 3.42. The Kier molecular flexibility index (Phi) is 4.33. The SMILES string of the molecule is O=C1c2c(Cl)c(Cl)c(Cl)c(Cl)c2C(=O)N1C[C@H]1CC(Br)=NO1. The zero-order valence-electron chi connectivity index (χ0n) is 10.5. The molecule has 1 aromatic rings. The van der Waals surface area contributed by atoms with Crippen LogP contribution in [0.3, 0.4) is 0 Å². The van der Waals surface area contributed by atoms with Gasteiger partial charge in [0.2, 0.25) is 0 Å². The molecule has 0 saturated carbocycles. The third kappa shape index (κ3) is 2.41. The molecule has 2 aliphatic rings. The van der Waals surface area contributed by atoms with E-state index in [1.54, 1.807) is 0 Å². The van der Waals surface area contributed by atoms with Crippen molar-refractivity contribution in [2.24, 2.45) is 5.16 Å². The summed E-state index contributed by atoms with van der Waals surface area (Å²) < 4.78 is 0.608. The van der Waals surface area contributed by atoms with Gasteiger partial charge in [-0.2, -0.15) is 0 Å². The summed E-state index contributed by atoms with van der Waals surface area (Å²) in [7, 11) is 0. The molecule has 22 heavy (non-hydrogen) atoms. The van der Waals surface area contributed by atoms with Crippen molar-refractivity contribution in [3.05, 3.63) is 31.2 Å². The summed E-state index contributed by atoms with van der Waals surface area (Å²) in [6.45, 7) is 0.0207. The lowest BCUT2D eigenvalue weighted by Gasteiger charge is -2.17. The molecule has 0 bridgehead atoms. The number of rotatable bonds is 2. The Balaban J connectivity index is 1.99. The molecule has 0 radical (unpaired) electrons. The van der Waals surface area contributed by atoms with Crippen molar-refractivity contribution < 1.29 is 14.4 Å². The molecule has 0 unspecified atom stereocenters. The number of nitrogens with zero attached hydrogens (tertiary/aromatic N) is 2. The van der Waals surface area contributed by atoms with Crippen molar-refractivity contribution in [3.8, 4) is 0 Å². The fourth-order valence-electron chi connectivity index (χ4n) is 2.26. The third-order valence-electron chi connectivity index (χ3n) is 3.27. The Morgan fingerprint density at radius 2 is 1.55 bits per heavy atom. The average Bonchev–Trinajstić information content (AvgIpc) is 2.99. The van der Waals surface area contributed by atoms with E-state index in [-0.39, 0.29) is 37.8 Å². The van der Waals surface area contributed by atoms with Crippen LogP contribution in [0.4, 0.5) is 0 Å². The first-order valence-corrected chi connectivity index (χ1v) is 8.23. The minimum atomic E-state index is -0.586. The topological polar surface area (TPSA) is 59.0 Å². The Labute approximate surface area is 153 Å². The number of fused-ring (bicyclic) bond motifs is 1. The summed E-state index contributed by atoms with van der Waals surface area (Å²) >= 11 is 27.2. The van der Waals surface area contributed by atoms with Crippen LogP contribution in [-0.4, -0.2) is 34.0 Å². The van der Waals surface area contributed by atoms with Gasteiger partial charge in [0.05, 0.1) is 37.8 Å². The molecule has 0 spiro atoms. The molecule has 5 nitrogen and oxygen atoms in total. The second-order valence-electron chi connectivity index (χ2n) is 4.63. The van der Waals surface area contributed by atoms with Crippen LogP contribution in [0.5, 0.6) is 0 Å². The van der Waals surface area contributed by atoms with E-state index < -0.39 is 17.9 Å². The number of halogens is 5. The van der Waals surface area contributed by atoms with E-state index in [0.29, 0.717) is 11.0 Å². The highest BCUT2D eigenvalue weighted by molar-refractivity contribution is 9.18. The van der Waals surface area contributed by atoms with Crippen molar-refractivity contribution in [1.82, 2.24) is 4.90 Å². The van der Waals surface area contributed by atoms with Crippen LogP contribution in [0.25, 0.3) is 0 Å². The average molecular weight is 447 g/mol. The van der Waals surface area contributed by atoms with Gasteiger partial charge in [0, 0.05) is 6.42 Å². The molecular formula is C12H5BrCl4N2O3. The minimum Gasteiger partial charge on any atom is -0.389 e. The van der Waals surface area contributed by atoms with Gasteiger partial charge in [-0.05, 0) is 15.9 Å². The van der Waals surface area contributed by atoms with Gasteiger partial charge in [-0.1, -0.05) is 51.6 Å². The van der Waals surface area contributed by atoms with Crippen LogP contribution >= 0.6 is 62.3 Å². The maximum atomic E-state index is 12.5. The number of benzene rings is 1. The van der Waals surface area contributed by atoms with Gasteiger partial charge in [-0.3, -0.25) is 14.5 Å².